The number of para-hydroxylation sites is 2. The van der Waals surface area contributed by atoms with Gasteiger partial charge in [0, 0.05) is 0 Å². The number of fused-ring (bicyclic) bond motifs is 1. The highest BCUT2D eigenvalue weighted by Crippen LogP contribution is 2.13. The molecule has 0 saturated carbocycles. The van der Waals surface area contributed by atoms with Crippen molar-refractivity contribution in [2.45, 2.75) is 20.4 Å². The number of imide groups is 1. The van der Waals surface area contributed by atoms with Crippen LogP contribution in [0.5, 0.6) is 0 Å². The summed E-state index contributed by atoms with van der Waals surface area (Å²) in [7, 11) is 0. The van der Waals surface area contributed by atoms with E-state index in [2.05, 4.69) is 15.0 Å². The third-order valence-electron chi connectivity index (χ3n) is 3.17. The molecule has 0 fully saturated rings. The molecule has 0 bridgehead atoms. The van der Waals surface area contributed by atoms with Crippen molar-refractivity contribution in [1.29, 1.82) is 0 Å². The van der Waals surface area contributed by atoms with Crippen LogP contribution in [-0.2, 0) is 16.1 Å². The fourth-order valence-corrected chi connectivity index (χ4v) is 2.07. The summed E-state index contributed by atoms with van der Waals surface area (Å²) in [5.74, 6) is 0.188. The van der Waals surface area contributed by atoms with E-state index in [1.165, 1.54) is 0 Å². The zero-order valence-electron chi connectivity index (χ0n) is 12.7. The summed E-state index contributed by atoms with van der Waals surface area (Å²) in [5.41, 5.74) is 1.52. The van der Waals surface area contributed by atoms with Gasteiger partial charge in [-0.05, 0) is 26.0 Å². The Balaban J connectivity index is 1.94. The molecule has 0 radical (unpaired) electrons. The number of amides is 2. The van der Waals surface area contributed by atoms with E-state index in [0.717, 1.165) is 16.0 Å². The van der Waals surface area contributed by atoms with Crippen LogP contribution in [0.2, 0.25) is 0 Å². The van der Waals surface area contributed by atoms with Crippen LogP contribution in [0, 0.1) is 0 Å². The van der Waals surface area contributed by atoms with Gasteiger partial charge in [0.2, 0.25) is 0 Å². The Hall–Kier alpha value is -2.41. The van der Waals surface area contributed by atoms with Crippen molar-refractivity contribution < 1.29 is 23.6 Å². The van der Waals surface area contributed by atoms with E-state index in [1.807, 2.05) is 31.2 Å². The second-order valence-electron chi connectivity index (χ2n) is 4.80. The van der Waals surface area contributed by atoms with Crippen LogP contribution in [-0.4, -0.2) is 36.7 Å². The summed E-state index contributed by atoms with van der Waals surface area (Å²) < 4.78 is 10.3. The zero-order valence-corrected chi connectivity index (χ0v) is 12.7. The van der Waals surface area contributed by atoms with Crippen LogP contribution in [0.25, 0.3) is 11.1 Å². The number of aromatic nitrogens is 1. The molecule has 0 aliphatic heterocycles. The van der Waals surface area contributed by atoms with E-state index in [-0.39, 0.29) is 19.1 Å². The Kier molecular flexibility index (Phi) is 5.48. The lowest BCUT2D eigenvalue weighted by Gasteiger charge is -2.14. The van der Waals surface area contributed by atoms with Crippen molar-refractivity contribution in [1.82, 2.24) is 10.3 Å². The van der Waals surface area contributed by atoms with E-state index in [4.69, 9.17) is 4.42 Å². The number of nitrogens with zero attached hydrogens (tertiary/aromatic N) is 1. The molecule has 1 unspecified atom stereocenters. The summed E-state index contributed by atoms with van der Waals surface area (Å²) in [6.07, 6.45) is -0.718. The maximum absolute atomic E-state index is 11.8. The molecule has 0 saturated heterocycles. The number of oxazole rings is 1. The Labute approximate surface area is 128 Å². The van der Waals surface area contributed by atoms with Gasteiger partial charge in [0.1, 0.15) is 5.52 Å². The smallest absolute Gasteiger partial charge is 0.414 e. The van der Waals surface area contributed by atoms with Crippen molar-refractivity contribution >= 4 is 23.1 Å². The molecule has 7 heteroatoms. The molecule has 2 rings (SSSR count). The molecule has 118 valence electrons. The molecule has 1 heterocycles. The van der Waals surface area contributed by atoms with Crippen LogP contribution in [0.1, 0.15) is 19.7 Å². The Morgan fingerprint density at radius 1 is 1.32 bits per heavy atom. The van der Waals surface area contributed by atoms with Crippen molar-refractivity contribution in [2.24, 2.45) is 0 Å². The van der Waals surface area contributed by atoms with Gasteiger partial charge in [-0.1, -0.05) is 12.1 Å². The number of alkyl carbamates (subject to hydrolysis) is 1. The van der Waals surface area contributed by atoms with Crippen LogP contribution in [0.4, 0.5) is 4.79 Å². The third kappa shape index (κ3) is 4.29. The molecule has 2 N–H and O–H groups in total. The topological polar surface area (TPSA) is 85.9 Å². The Bertz CT molecular complexity index is 620. The quantitative estimate of drug-likeness (QED) is 0.812. The lowest BCUT2D eigenvalue weighted by atomic mass is 10.3. The average Bonchev–Trinajstić information content (AvgIpc) is 2.88. The fraction of sp³-hybridized carbons (Fsp3) is 0.400. The molecule has 1 atom stereocenters. The van der Waals surface area contributed by atoms with Gasteiger partial charge < -0.3 is 14.1 Å². The van der Waals surface area contributed by atoms with Gasteiger partial charge in [-0.2, -0.15) is 0 Å². The number of nitrogens with one attached hydrogen (secondary N) is 2. The van der Waals surface area contributed by atoms with Crippen molar-refractivity contribution in [3.8, 4) is 0 Å². The predicted molar refractivity (Wildman–Crippen MR) is 79.2 cm³/mol. The molecule has 0 aliphatic carbocycles. The van der Waals surface area contributed by atoms with Crippen LogP contribution in [0.3, 0.4) is 0 Å². The fourth-order valence-electron chi connectivity index (χ4n) is 2.07. The summed E-state index contributed by atoms with van der Waals surface area (Å²) in [6, 6.07) is 7.51. The minimum absolute atomic E-state index is 0.147. The number of hydrogen-bond acceptors (Lipinski definition) is 5. The second-order valence-corrected chi connectivity index (χ2v) is 4.80. The number of ether oxygens (including phenoxy) is 1. The normalized spacial score (nSPS) is 12.1. The van der Waals surface area contributed by atoms with E-state index < -0.39 is 6.09 Å². The number of likely N-dealkylation sites (N-methyl/N-ethyl adjacent to an activating group) is 1. The molecule has 22 heavy (non-hydrogen) atoms. The SMILES string of the molecule is CCOC(=O)NC(=O)C[NH+](CC)Cc1nc2ccccc2o1. The molecule has 1 aromatic carbocycles. The minimum Gasteiger partial charge on any atom is -0.450 e. The standard InChI is InChI=1S/C15H19N3O4/c1-3-18(9-13(19)17-15(20)21-4-2)10-14-16-11-7-5-6-8-12(11)22-14/h5-8H,3-4,9-10H2,1-2H3,(H,17,19,20)/p+1. The number of benzene rings is 1. The summed E-state index contributed by atoms with van der Waals surface area (Å²) in [5, 5.41) is 2.19. The third-order valence-corrected chi connectivity index (χ3v) is 3.17. The van der Waals surface area contributed by atoms with Gasteiger partial charge in [-0.25, -0.2) is 9.78 Å². The maximum Gasteiger partial charge on any atom is 0.414 e. The highest BCUT2D eigenvalue weighted by molar-refractivity contribution is 5.92. The molecule has 7 nitrogen and oxygen atoms in total. The molecule has 0 aliphatic rings. The highest BCUT2D eigenvalue weighted by Gasteiger charge is 2.18. The van der Waals surface area contributed by atoms with E-state index in [0.29, 0.717) is 19.0 Å². The molecule has 1 aromatic heterocycles. The van der Waals surface area contributed by atoms with Gasteiger partial charge >= 0.3 is 6.09 Å². The van der Waals surface area contributed by atoms with E-state index in [1.54, 1.807) is 6.92 Å². The second kappa shape index (κ2) is 7.56. The zero-order chi connectivity index (χ0) is 15.9. The number of hydrogen-bond donors (Lipinski definition) is 2. The Morgan fingerprint density at radius 3 is 2.77 bits per heavy atom. The first-order valence-corrected chi connectivity index (χ1v) is 7.27. The van der Waals surface area contributed by atoms with Gasteiger partial charge in [0.25, 0.3) is 11.8 Å². The molecular formula is C15H20N3O4+. The summed E-state index contributed by atoms with van der Waals surface area (Å²) >= 11 is 0. The van der Waals surface area contributed by atoms with Crippen LogP contribution < -0.4 is 10.2 Å². The van der Waals surface area contributed by atoms with Gasteiger partial charge in [-0.15, -0.1) is 0 Å². The lowest BCUT2D eigenvalue weighted by molar-refractivity contribution is -0.905. The first-order chi connectivity index (χ1) is 10.6. The molecule has 2 aromatic rings. The van der Waals surface area contributed by atoms with Crippen molar-refractivity contribution in [3.05, 3.63) is 30.2 Å². The first kappa shape index (κ1) is 16.0. The van der Waals surface area contributed by atoms with Crippen molar-refractivity contribution in [2.75, 3.05) is 19.7 Å². The van der Waals surface area contributed by atoms with Crippen LogP contribution in [0.15, 0.2) is 28.7 Å². The molecule has 0 spiro atoms. The predicted octanol–water partition coefficient (Wildman–Crippen LogP) is 0.505. The monoisotopic (exact) mass is 306 g/mol. The number of quaternary nitrogens is 1. The molecule has 2 amide bonds. The highest BCUT2D eigenvalue weighted by atomic mass is 16.5. The maximum atomic E-state index is 11.8. The van der Waals surface area contributed by atoms with Gasteiger partial charge in [-0.3, -0.25) is 10.1 Å². The summed E-state index contributed by atoms with van der Waals surface area (Å²) in [4.78, 5) is 28.3. The Morgan fingerprint density at radius 2 is 2.09 bits per heavy atom. The van der Waals surface area contributed by atoms with Gasteiger partial charge in [0.15, 0.2) is 18.7 Å². The molecular weight excluding hydrogens is 286 g/mol. The van der Waals surface area contributed by atoms with Crippen molar-refractivity contribution in [3.63, 3.8) is 0 Å². The average molecular weight is 306 g/mol. The number of carbonyl (C=O) groups excluding carboxylic acids is 2. The number of rotatable bonds is 6. The minimum atomic E-state index is -0.718. The summed E-state index contributed by atoms with van der Waals surface area (Å²) in [6.45, 7) is 5.19. The number of carbonyl (C=O) groups is 2. The van der Waals surface area contributed by atoms with Crippen LogP contribution >= 0.6 is 0 Å². The lowest BCUT2D eigenvalue weighted by Crippen LogP contribution is -3.11. The van der Waals surface area contributed by atoms with E-state index in [9.17, 15) is 9.59 Å². The van der Waals surface area contributed by atoms with E-state index >= 15 is 0 Å². The first-order valence-electron chi connectivity index (χ1n) is 7.27. The van der Waals surface area contributed by atoms with Gasteiger partial charge in [0.05, 0.1) is 13.2 Å². The largest absolute Gasteiger partial charge is 0.450 e.